The van der Waals surface area contributed by atoms with E-state index >= 15 is 0 Å². The molecule has 1 heterocycles. The molecular formula is C17H26N2O4S. The Balaban J connectivity index is 2.41. The Kier molecular flexibility index (Phi) is 5.37. The second kappa shape index (κ2) is 6.82. The predicted octanol–water partition coefficient (Wildman–Crippen LogP) is 2.31. The van der Waals surface area contributed by atoms with Crippen LogP contribution in [0.15, 0.2) is 17.0 Å². The number of sulfonamides is 1. The summed E-state index contributed by atoms with van der Waals surface area (Å²) in [7, 11) is -3.61. The van der Waals surface area contributed by atoms with E-state index in [-0.39, 0.29) is 10.8 Å². The van der Waals surface area contributed by atoms with Crippen molar-refractivity contribution in [3.63, 3.8) is 0 Å². The number of rotatable bonds is 3. The number of carbonyl (C=O) groups excluding carboxylic acids is 1. The lowest BCUT2D eigenvalue weighted by molar-refractivity contribution is -0.123. The fourth-order valence-corrected chi connectivity index (χ4v) is 4.14. The molecule has 24 heavy (non-hydrogen) atoms. The van der Waals surface area contributed by atoms with Crippen molar-refractivity contribution in [1.82, 2.24) is 4.31 Å². The standard InChI is InChI=1S/C17H26N2O4S/c1-12-10-14(18-16(20)17(3,4)5)11-15(13(12)2)24(21,22)19-6-8-23-9-7-19/h10-11H,6-9H2,1-5H3,(H,18,20). The highest BCUT2D eigenvalue weighted by atomic mass is 32.2. The smallest absolute Gasteiger partial charge is 0.243 e. The minimum atomic E-state index is -3.61. The summed E-state index contributed by atoms with van der Waals surface area (Å²) in [5.41, 5.74) is 1.48. The van der Waals surface area contributed by atoms with Crippen molar-refractivity contribution in [3.05, 3.63) is 23.3 Å². The average molecular weight is 354 g/mol. The molecule has 1 saturated heterocycles. The fourth-order valence-electron chi connectivity index (χ4n) is 2.41. The summed E-state index contributed by atoms with van der Waals surface area (Å²) in [6.45, 7) is 10.6. The molecule has 1 fully saturated rings. The van der Waals surface area contributed by atoms with E-state index in [1.807, 2.05) is 27.7 Å². The van der Waals surface area contributed by atoms with Gasteiger partial charge in [0.15, 0.2) is 0 Å². The van der Waals surface area contributed by atoms with Crippen LogP contribution in [-0.2, 0) is 19.6 Å². The van der Waals surface area contributed by atoms with Gasteiger partial charge in [-0.15, -0.1) is 0 Å². The lowest BCUT2D eigenvalue weighted by atomic mass is 9.95. The largest absolute Gasteiger partial charge is 0.379 e. The van der Waals surface area contributed by atoms with Gasteiger partial charge in [-0.25, -0.2) is 8.42 Å². The third kappa shape index (κ3) is 3.96. The highest BCUT2D eigenvalue weighted by Gasteiger charge is 2.29. The summed E-state index contributed by atoms with van der Waals surface area (Å²) in [6, 6.07) is 3.36. The molecule has 0 spiro atoms. The van der Waals surface area contributed by atoms with E-state index in [2.05, 4.69) is 5.32 Å². The summed E-state index contributed by atoms with van der Waals surface area (Å²) < 4.78 is 32.6. The van der Waals surface area contributed by atoms with Crippen molar-refractivity contribution in [2.45, 2.75) is 39.5 Å². The number of benzene rings is 1. The first kappa shape index (κ1) is 18.9. The van der Waals surface area contributed by atoms with Crippen LogP contribution in [0.5, 0.6) is 0 Å². The zero-order chi connectivity index (χ0) is 18.1. The van der Waals surface area contributed by atoms with Crippen LogP contribution in [-0.4, -0.2) is 44.9 Å². The molecule has 6 nitrogen and oxygen atoms in total. The second-order valence-corrected chi connectivity index (χ2v) is 9.04. The molecule has 0 aliphatic carbocycles. The number of anilines is 1. The topological polar surface area (TPSA) is 75.7 Å². The Morgan fingerprint density at radius 3 is 2.29 bits per heavy atom. The fraction of sp³-hybridized carbons (Fsp3) is 0.588. The first-order chi connectivity index (χ1) is 11.0. The minimum Gasteiger partial charge on any atom is -0.379 e. The molecule has 1 aromatic rings. The summed E-state index contributed by atoms with van der Waals surface area (Å²) in [5.74, 6) is -0.152. The summed E-state index contributed by atoms with van der Waals surface area (Å²) in [4.78, 5) is 12.4. The SMILES string of the molecule is Cc1cc(NC(=O)C(C)(C)C)cc(S(=O)(=O)N2CCOCC2)c1C. The van der Waals surface area contributed by atoms with Crippen molar-refractivity contribution in [3.8, 4) is 0 Å². The third-order valence-corrected chi connectivity index (χ3v) is 6.17. The average Bonchev–Trinajstić information content (AvgIpc) is 2.50. The van der Waals surface area contributed by atoms with Gasteiger partial charge in [0.25, 0.3) is 0 Å². The van der Waals surface area contributed by atoms with Gasteiger partial charge in [0.05, 0.1) is 18.1 Å². The van der Waals surface area contributed by atoms with Crippen molar-refractivity contribution in [1.29, 1.82) is 0 Å². The van der Waals surface area contributed by atoms with Gasteiger partial charge in [-0.05, 0) is 37.1 Å². The van der Waals surface area contributed by atoms with Gasteiger partial charge < -0.3 is 10.1 Å². The molecule has 0 unspecified atom stereocenters. The maximum absolute atomic E-state index is 13.0. The Hall–Kier alpha value is -1.44. The van der Waals surface area contributed by atoms with Crippen LogP contribution >= 0.6 is 0 Å². The molecule has 7 heteroatoms. The van der Waals surface area contributed by atoms with E-state index in [0.717, 1.165) is 5.56 Å². The number of hydrogen-bond donors (Lipinski definition) is 1. The van der Waals surface area contributed by atoms with Crippen LogP contribution in [0.25, 0.3) is 0 Å². The first-order valence-corrected chi connectivity index (χ1v) is 9.48. The quantitative estimate of drug-likeness (QED) is 0.904. The Morgan fingerprint density at radius 2 is 1.75 bits per heavy atom. The molecular weight excluding hydrogens is 328 g/mol. The second-order valence-electron chi connectivity index (χ2n) is 7.14. The maximum Gasteiger partial charge on any atom is 0.243 e. The lowest BCUT2D eigenvalue weighted by Crippen LogP contribution is -2.41. The van der Waals surface area contributed by atoms with E-state index in [0.29, 0.717) is 37.6 Å². The molecule has 1 aromatic carbocycles. The lowest BCUT2D eigenvalue weighted by Gasteiger charge is -2.27. The van der Waals surface area contributed by atoms with Gasteiger partial charge in [0.2, 0.25) is 15.9 Å². The van der Waals surface area contributed by atoms with Crippen molar-refractivity contribution < 1.29 is 17.9 Å². The molecule has 1 aliphatic heterocycles. The van der Waals surface area contributed by atoms with Gasteiger partial charge in [-0.1, -0.05) is 20.8 Å². The van der Waals surface area contributed by atoms with Crippen molar-refractivity contribution in [2.24, 2.45) is 5.41 Å². The summed E-state index contributed by atoms with van der Waals surface area (Å²) in [5, 5.41) is 2.82. The molecule has 1 amide bonds. The predicted molar refractivity (Wildman–Crippen MR) is 93.6 cm³/mol. The maximum atomic E-state index is 13.0. The van der Waals surface area contributed by atoms with Crippen LogP contribution in [0.2, 0.25) is 0 Å². The van der Waals surface area contributed by atoms with Gasteiger partial charge in [0.1, 0.15) is 0 Å². The molecule has 1 aliphatic rings. The zero-order valence-electron chi connectivity index (χ0n) is 15.0. The van der Waals surface area contributed by atoms with Crippen LogP contribution in [0.3, 0.4) is 0 Å². The third-order valence-electron chi connectivity index (χ3n) is 4.15. The number of nitrogens with one attached hydrogen (secondary N) is 1. The number of aryl methyl sites for hydroxylation is 1. The molecule has 0 radical (unpaired) electrons. The van der Waals surface area contributed by atoms with Crippen LogP contribution < -0.4 is 5.32 Å². The summed E-state index contributed by atoms with van der Waals surface area (Å²) in [6.07, 6.45) is 0. The number of amides is 1. The van der Waals surface area contributed by atoms with Crippen LogP contribution in [0.1, 0.15) is 31.9 Å². The highest BCUT2D eigenvalue weighted by Crippen LogP contribution is 2.28. The molecule has 0 atom stereocenters. The first-order valence-electron chi connectivity index (χ1n) is 8.04. The van der Waals surface area contributed by atoms with E-state index < -0.39 is 15.4 Å². The van der Waals surface area contributed by atoms with Gasteiger partial charge in [-0.2, -0.15) is 4.31 Å². The number of hydrogen-bond acceptors (Lipinski definition) is 4. The molecule has 0 saturated carbocycles. The Labute approximate surface area is 144 Å². The van der Waals surface area contributed by atoms with Crippen LogP contribution in [0, 0.1) is 19.3 Å². The van der Waals surface area contributed by atoms with E-state index in [9.17, 15) is 13.2 Å². The monoisotopic (exact) mass is 354 g/mol. The van der Waals surface area contributed by atoms with Gasteiger partial charge >= 0.3 is 0 Å². The summed E-state index contributed by atoms with van der Waals surface area (Å²) >= 11 is 0. The number of morpholine rings is 1. The number of carbonyl (C=O) groups is 1. The van der Waals surface area contributed by atoms with Crippen molar-refractivity contribution in [2.75, 3.05) is 31.6 Å². The normalized spacial score (nSPS) is 16.9. The van der Waals surface area contributed by atoms with Gasteiger partial charge in [-0.3, -0.25) is 4.79 Å². The zero-order valence-corrected chi connectivity index (χ0v) is 15.8. The molecule has 0 aromatic heterocycles. The molecule has 2 rings (SSSR count). The van der Waals surface area contributed by atoms with E-state index in [1.54, 1.807) is 19.1 Å². The number of ether oxygens (including phenoxy) is 1. The molecule has 0 bridgehead atoms. The van der Waals surface area contributed by atoms with Crippen molar-refractivity contribution >= 4 is 21.6 Å². The highest BCUT2D eigenvalue weighted by molar-refractivity contribution is 7.89. The molecule has 1 N–H and O–H groups in total. The van der Waals surface area contributed by atoms with Crippen LogP contribution in [0.4, 0.5) is 5.69 Å². The number of nitrogens with zero attached hydrogens (tertiary/aromatic N) is 1. The minimum absolute atomic E-state index is 0.152. The Morgan fingerprint density at radius 1 is 1.17 bits per heavy atom. The van der Waals surface area contributed by atoms with Gasteiger partial charge in [0, 0.05) is 24.2 Å². The van der Waals surface area contributed by atoms with E-state index in [1.165, 1.54) is 4.31 Å². The Bertz CT molecular complexity index is 730. The van der Waals surface area contributed by atoms with E-state index in [4.69, 9.17) is 4.74 Å². The molecule has 134 valence electrons.